The number of nitrogens with one attached hydrogen (secondary N) is 3. The molecule has 1 aromatic rings. The average molecular weight is 574 g/mol. The molecule has 10 heteroatoms. The average Bonchev–Trinajstić information content (AvgIpc) is 3.01. The van der Waals surface area contributed by atoms with Crippen LogP contribution in [0.4, 0.5) is 9.18 Å². The van der Waals surface area contributed by atoms with Gasteiger partial charge in [0.1, 0.15) is 11.4 Å². The number of rotatable bonds is 8. The van der Waals surface area contributed by atoms with Crippen LogP contribution in [0.15, 0.2) is 29.3 Å². The lowest BCUT2D eigenvalue weighted by Crippen LogP contribution is -2.49. The molecule has 2 aliphatic heterocycles. The SMILES string of the molecule is CCC1(C)NC(=O)N(CCCNC(=NC)NC2CCN(Cc3ccc(F)cc3)CC2)C1=O.I. The molecule has 2 heterocycles. The van der Waals surface area contributed by atoms with Gasteiger partial charge in [-0.15, -0.1) is 24.0 Å². The Labute approximate surface area is 212 Å². The summed E-state index contributed by atoms with van der Waals surface area (Å²) in [4.78, 5) is 32.5. The van der Waals surface area contributed by atoms with E-state index < -0.39 is 5.54 Å². The molecule has 2 saturated heterocycles. The van der Waals surface area contributed by atoms with Crippen molar-refractivity contribution in [2.75, 3.05) is 33.2 Å². The van der Waals surface area contributed by atoms with Crippen molar-refractivity contribution in [3.05, 3.63) is 35.6 Å². The predicted octanol–water partition coefficient (Wildman–Crippen LogP) is 2.68. The van der Waals surface area contributed by atoms with Crippen LogP contribution < -0.4 is 16.0 Å². The van der Waals surface area contributed by atoms with E-state index in [-0.39, 0.29) is 41.7 Å². The normalized spacial score (nSPS) is 22.2. The van der Waals surface area contributed by atoms with Crippen LogP contribution in [0.3, 0.4) is 0 Å². The summed E-state index contributed by atoms with van der Waals surface area (Å²) in [6.45, 7) is 7.42. The minimum absolute atomic E-state index is 0. The minimum Gasteiger partial charge on any atom is -0.356 e. The Bertz CT molecular complexity index is 829. The summed E-state index contributed by atoms with van der Waals surface area (Å²) < 4.78 is 13.1. The summed E-state index contributed by atoms with van der Waals surface area (Å²) in [5.74, 6) is 0.378. The third kappa shape index (κ3) is 7.26. The Balaban J connectivity index is 0.00000385. The van der Waals surface area contributed by atoms with Gasteiger partial charge in [0, 0.05) is 45.8 Å². The van der Waals surface area contributed by atoms with Gasteiger partial charge in [0.05, 0.1) is 0 Å². The first-order chi connectivity index (χ1) is 15.3. The first kappa shape index (κ1) is 27.3. The molecule has 8 nitrogen and oxygen atoms in total. The fourth-order valence-electron chi connectivity index (χ4n) is 4.11. The maximum absolute atomic E-state index is 13.1. The number of benzene rings is 1. The minimum atomic E-state index is -0.784. The fourth-order valence-corrected chi connectivity index (χ4v) is 4.11. The van der Waals surface area contributed by atoms with Gasteiger partial charge in [-0.2, -0.15) is 0 Å². The Morgan fingerprint density at radius 3 is 2.48 bits per heavy atom. The number of imide groups is 1. The van der Waals surface area contributed by atoms with Crippen molar-refractivity contribution in [3.63, 3.8) is 0 Å². The summed E-state index contributed by atoms with van der Waals surface area (Å²) in [6, 6.07) is 6.72. The number of carbonyl (C=O) groups is 2. The molecule has 1 aromatic carbocycles. The second-order valence-electron chi connectivity index (χ2n) is 8.75. The highest BCUT2D eigenvalue weighted by atomic mass is 127. The fraction of sp³-hybridized carbons (Fsp3) is 0.609. The number of nitrogens with zero attached hydrogens (tertiary/aromatic N) is 3. The van der Waals surface area contributed by atoms with Crippen molar-refractivity contribution in [2.45, 2.75) is 57.7 Å². The van der Waals surface area contributed by atoms with Gasteiger partial charge in [-0.1, -0.05) is 19.1 Å². The van der Waals surface area contributed by atoms with E-state index in [0.717, 1.165) is 44.0 Å². The zero-order chi connectivity index (χ0) is 23.1. The van der Waals surface area contributed by atoms with Crippen LogP contribution >= 0.6 is 24.0 Å². The first-order valence-corrected chi connectivity index (χ1v) is 11.4. The summed E-state index contributed by atoms with van der Waals surface area (Å²) in [5, 5.41) is 9.53. The molecular weight excluding hydrogens is 538 g/mol. The molecule has 0 aromatic heterocycles. The third-order valence-electron chi connectivity index (χ3n) is 6.37. The molecule has 2 aliphatic rings. The van der Waals surface area contributed by atoms with E-state index in [9.17, 15) is 14.0 Å². The second kappa shape index (κ2) is 12.5. The Morgan fingerprint density at radius 2 is 1.91 bits per heavy atom. The lowest BCUT2D eigenvalue weighted by molar-refractivity contribution is -0.130. The van der Waals surface area contributed by atoms with Crippen LogP contribution in [0.2, 0.25) is 0 Å². The van der Waals surface area contributed by atoms with E-state index in [0.29, 0.717) is 32.0 Å². The number of carbonyl (C=O) groups excluding carboxylic acids is 2. The van der Waals surface area contributed by atoms with Gasteiger partial charge in [0.25, 0.3) is 5.91 Å². The Hall–Kier alpha value is -1.95. The zero-order valence-corrected chi connectivity index (χ0v) is 22.0. The Morgan fingerprint density at radius 1 is 1.24 bits per heavy atom. The van der Waals surface area contributed by atoms with Crippen molar-refractivity contribution in [2.24, 2.45) is 4.99 Å². The lowest BCUT2D eigenvalue weighted by Gasteiger charge is -2.33. The largest absolute Gasteiger partial charge is 0.356 e. The van der Waals surface area contributed by atoms with E-state index >= 15 is 0 Å². The monoisotopic (exact) mass is 574 g/mol. The number of halogens is 2. The number of amides is 3. The van der Waals surface area contributed by atoms with Gasteiger partial charge in [-0.3, -0.25) is 19.6 Å². The highest BCUT2D eigenvalue weighted by Gasteiger charge is 2.45. The van der Waals surface area contributed by atoms with Gasteiger partial charge in [0.2, 0.25) is 0 Å². The molecule has 1 unspecified atom stereocenters. The molecular formula is C23H36FIN6O2. The van der Waals surface area contributed by atoms with E-state index in [1.54, 1.807) is 14.0 Å². The first-order valence-electron chi connectivity index (χ1n) is 11.4. The lowest BCUT2D eigenvalue weighted by atomic mass is 9.99. The van der Waals surface area contributed by atoms with Gasteiger partial charge in [-0.05, 0) is 50.3 Å². The second-order valence-corrected chi connectivity index (χ2v) is 8.75. The highest BCUT2D eigenvalue weighted by Crippen LogP contribution is 2.20. The van der Waals surface area contributed by atoms with Gasteiger partial charge in [-0.25, -0.2) is 9.18 Å². The zero-order valence-electron chi connectivity index (χ0n) is 19.7. The smallest absolute Gasteiger partial charge is 0.325 e. The van der Waals surface area contributed by atoms with E-state index in [1.807, 2.05) is 19.1 Å². The van der Waals surface area contributed by atoms with E-state index in [1.165, 1.54) is 17.0 Å². The number of hydrogen-bond acceptors (Lipinski definition) is 4. The van der Waals surface area contributed by atoms with Crippen LogP contribution in [-0.4, -0.2) is 72.5 Å². The topological polar surface area (TPSA) is 89.1 Å². The van der Waals surface area contributed by atoms with Crippen molar-refractivity contribution in [1.29, 1.82) is 0 Å². The van der Waals surface area contributed by atoms with Gasteiger partial charge in [0.15, 0.2) is 5.96 Å². The number of aliphatic imine (C=N–C) groups is 1. The molecule has 3 amide bonds. The molecule has 0 saturated carbocycles. The van der Waals surface area contributed by atoms with Crippen molar-refractivity contribution in [1.82, 2.24) is 25.8 Å². The quantitative estimate of drug-likeness (QED) is 0.146. The predicted molar refractivity (Wildman–Crippen MR) is 138 cm³/mol. The van der Waals surface area contributed by atoms with Crippen molar-refractivity contribution >= 4 is 41.9 Å². The number of guanidine groups is 1. The van der Waals surface area contributed by atoms with Crippen LogP contribution in [0.1, 0.15) is 45.1 Å². The van der Waals surface area contributed by atoms with E-state index in [4.69, 9.17) is 0 Å². The molecule has 1 atom stereocenters. The van der Waals surface area contributed by atoms with E-state index in [2.05, 4.69) is 25.8 Å². The van der Waals surface area contributed by atoms with Crippen LogP contribution in [0, 0.1) is 5.82 Å². The highest BCUT2D eigenvalue weighted by molar-refractivity contribution is 14.0. The molecule has 0 spiro atoms. The molecule has 184 valence electrons. The maximum atomic E-state index is 13.1. The molecule has 3 rings (SSSR count). The molecule has 0 bridgehead atoms. The van der Waals surface area contributed by atoms with Crippen LogP contribution in [-0.2, 0) is 11.3 Å². The third-order valence-corrected chi connectivity index (χ3v) is 6.37. The standard InChI is InChI=1S/C23H35FN6O2.HI/c1-4-23(2)20(31)30(22(32)28-23)13-5-12-26-21(25-3)27-19-10-14-29(15-11-19)16-17-6-8-18(24)9-7-17;/h6-9,19H,4-5,10-16H2,1-3H3,(H,28,32)(H2,25,26,27);1H. The van der Waals surface area contributed by atoms with Crippen LogP contribution in [0.25, 0.3) is 0 Å². The molecule has 3 N–H and O–H groups in total. The number of hydrogen-bond donors (Lipinski definition) is 3. The Kier molecular flexibility index (Phi) is 10.3. The number of piperidine rings is 1. The molecule has 2 fully saturated rings. The van der Waals surface area contributed by atoms with Crippen molar-refractivity contribution in [3.8, 4) is 0 Å². The van der Waals surface area contributed by atoms with Crippen molar-refractivity contribution < 1.29 is 14.0 Å². The molecule has 0 aliphatic carbocycles. The van der Waals surface area contributed by atoms with Gasteiger partial charge >= 0.3 is 6.03 Å². The van der Waals surface area contributed by atoms with Crippen LogP contribution in [0.5, 0.6) is 0 Å². The molecule has 33 heavy (non-hydrogen) atoms. The summed E-state index contributed by atoms with van der Waals surface area (Å²) in [7, 11) is 1.74. The number of likely N-dealkylation sites (tertiary alicyclic amines) is 1. The molecule has 0 radical (unpaired) electrons. The number of urea groups is 1. The summed E-state index contributed by atoms with van der Waals surface area (Å²) in [6.07, 6.45) is 3.22. The maximum Gasteiger partial charge on any atom is 0.325 e. The van der Waals surface area contributed by atoms with Gasteiger partial charge < -0.3 is 16.0 Å². The summed E-state index contributed by atoms with van der Waals surface area (Å²) >= 11 is 0. The summed E-state index contributed by atoms with van der Waals surface area (Å²) in [5.41, 5.74) is 0.341.